The van der Waals surface area contributed by atoms with Crippen molar-refractivity contribution in [3.63, 3.8) is 0 Å². The lowest BCUT2D eigenvalue weighted by Crippen LogP contribution is -2.43. The Kier molecular flexibility index (Phi) is 6.51. The molecule has 0 radical (unpaired) electrons. The van der Waals surface area contributed by atoms with Crippen molar-refractivity contribution in [2.45, 2.75) is 83.2 Å². The number of nitrogens with one attached hydrogen (secondary N) is 1. The first kappa shape index (κ1) is 16.8. The topological polar surface area (TPSA) is 39.1 Å². The molecule has 0 aromatic rings. The van der Waals surface area contributed by atoms with Crippen molar-refractivity contribution in [1.29, 1.82) is 5.26 Å². The number of hydrogen-bond acceptors (Lipinski definition) is 3. The fourth-order valence-electron chi connectivity index (χ4n) is 4.21. The van der Waals surface area contributed by atoms with Crippen molar-refractivity contribution >= 4 is 0 Å². The monoisotopic (exact) mass is 291 g/mol. The van der Waals surface area contributed by atoms with Gasteiger partial charge >= 0.3 is 0 Å². The van der Waals surface area contributed by atoms with E-state index < -0.39 is 0 Å². The van der Waals surface area contributed by atoms with E-state index in [2.05, 4.69) is 30.1 Å². The molecule has 2 rings (SSSR count). The minimum Gasteiger partial charge on any atom is -0.300 e. The van der Waals surface area contributed by atoms with Gasteiger partial charge in [0, 0.05) is 6.04 Å². The molecule has 2 aliphatic rings. The van der Waals surface area contributed by atoms with Crippen LogP contribution in [-0.2, 0) is 0 Å². The molecule has 21 heavy (non-hydrogen) atoms. The molecule has 1 aliphatic heterocycles. The summed E-state index contributed by atoms with van der Waals surface area (Å²) in [5.41, 5.74) is -0.326. The van der Waals surface area contributed by atoms with Crippen LogP contribution in [0.15, 0.2) is 0 Å². The number of nitrogens with zero attached hydrogens (tertiary/aromatic N) is 2. The van der Waals surface area contributed by atoms with Gasteiger partial charge in [0.25, 0.3) is 0 Å². The highest BCUT2D eigenvalue weighted by Crippen LogP contribution is 2.36. The van der Waals surface area contributed by atoms with Crippen LogP contribution in [0.25, 0.3) is 0 Å². The van der Waals surface area contributed by atoms with Crippen LogP contribution >= 0.6 is 0 Å². The van der Waals surface area contributed by atoms with Crippen LogP contribution in [0.3, 0.4) is 0 Å². The van der Waals surface area contributed by atoms with Crippen LogP contribution in [0.2, 0.25) is 0 Å². The lowest BCUT2D eigenvalue weighted by Gasteiger charge is -2.38. The van der Waals surface area contributed by atoms with Crippen molar-refractivity contribution < 1.29 is 0 Å². The third kappa shape index (κ3) is 4.69. The standard InChI is InChI=1S/C18H33N3/c1-3-12-20-18(2,15-19)11-4-5-13-21-14-7-9-16-8-6-10-17(16)21/h16-17,20H,3-14H2,1-2H3. The van der Waals surface area contributed by atoms with Gasteiger partial charge in [-0.15, -0.1) is 0 Å². The van der Waals surface area contributed by atoms with Gasteiger partial charge in [-0.2, -0.15) is 5.26 Å². The fourth-order valence-corrected chi connectivity index (χ4v) is 4.21. The summed E-state index contributed by atoms with van der Waals surface area (Å²) in [7, 11) is 0. The zero-order chi connectivity index (χ0) is 15.1. The van der Waals surface area contributed by atoms with Crippen LogP contribution in [-0.4, -0.2) is 36.1 Å². The van der Waals surface area contributed by atoms with Crippen molar-refractivity contribution in [1.82, 2.24) is 10.2 Å². The van der Waals surface area contributed by atoms with Crippen molar-refractivity contribution in [2.24, 2.45) is 5.92 Å². The van der Waals surface area contributed by atoms with Gasteiger partial charge in [0.2, 0.25) is 0 Å². The van der Waals surface area contributed by atoms with Crippen molar-refractivity contribution in [3.05, 3.63) is 0 Å². The molecule has 1 saturated heterocycles. The van der Waals surface area contributed by atoms with Crippen molar-refractivity contribution in [3.8, 4) is 6.07 Å². The molecule has 3 nitrogen and oxygen atoms in total. The molecule has 3 atom stereocenters. The second-order valence-electron chi connectivity index (χ2n) is 7.26. The molecule has 1 aliphatic carbocycles. The first-order valence-electron chi connectivity index (χ1n) is 9.09. The average Bonchev–Trinajstić information content (AvgIpc) is 2.99. The molecule has 1 N–H and O–H groups in total. The smallest absolute Gasteiger partial charge is 0.103 e. The molecule has 0 spiro atoms. The first-order valence-corrected chi connectivity index (χ1v) is 9.09. The molecule has 2 fully saturated rings. The maximum Gasteiger partial charge on any atom is 0.103 e. The van der Waals surface area contributed by atoms with E-state index in [1.807, 2.05) is 0 Å². The number of likely N-dealkylation sites (tertiary alicyclic amines) is 1. The predicted molar refractivity (Wildman–Crippen MR) is 88.1 cm³/mol. The summed E-state index contributed by atoms with van der Waals surface area (Å²) in [6, 6.07) is 3.35. The minimum atomic E-state index is -0.326. The second-order valence-corrected chi connectivity index (χ2v) is 7.26. The summed E-state index contributed by atoms with van der Waals surface area (Å²) in [6.45, 7) is 7.71. The number of rotatable bonds is 8. The predicted octanol–water partition coefficient (Wildman–Crippen LogP) is 3.70. The Morgan fingerprint density at radius 3 is 2.81 bits per heavy atom. The highest BCUT2D eigenvalue weighted by atomic mass is 15.2. The fraction of sp³-hybridized carbons (Fsp3) is 0.944. The SMILES string of the molecule is CCCNC(C)(C#N)CCCCN1CCCC2CCCC21. The second kappa shape index (κ2) is 8.15. The quantitative estimate of drug-likeness (QED) is 0.693. The summed E-state index contributed by atoms with van der Waals surface area (Å²) >= 11 is 0. The molecule has 3 heteroatoms. The average molecular weight is 291 g/mol. The van der Waals surface area contributed by atoms with E-state index in [-0.39, 0.29) is 5.54 Å². The molecular formula is C18H33N3. The number of unbranched alkanes of at least 4 members (excludes halogenated alkanes) is 1. The molecule has 120 valence electrons. The van der Waals surface area contributed by atoms with Crippen LogP contribution in [0.1, 0.15) is 71.6 Å². The Bertz CT molecular complexity index is 349. The third-order valence-electron chi connectivity index (χ3n) is 5.49. The largest absolute Gasteiger partial charge is 0.300 e. The number of fused-ring (bicyclic) bond motifs is 1. The summed E-state index contributed by atoms with van der Waals surface area (Å²) in [6.07, 6.45) is 11.7. The summed E-state index contributed by atoms with van der Waals surface area (Å²) in [4.78, 5) is 2.75. The Balaban J connectivity index is 1.68. The van der Waals surface area contributed by atoms with Gasteiger partial charge in [-0.1, -0.05) is 13.3 Å². The number of nitriles is 1. The van der Waals surface area contributed by atoms with Crippen LogP contribution < -0.4 is 5.32 Å². The highest BCUT2D eigenvalue weighted by Gasteiger charge is 2.34. The highest BCUT2D eigenvalue weighted by molar-refractivity contribution is 5.03. The minimum absolute atomic E-state index is 0.326. The van der Waals surface area contributed by atoms with E-state index in [0.29, 0.717) is 0 Å². The van der Waals surface area contributed by atoms with Crippen molar-refractivity contribution in [2.75, 3.05) is 19.6 Å². The zero-order valence-electron chi connectivity index (χ0n) is 14.0. The lowest BCUT2D eigenvalue weighted by atomic mass is 9.91. The van der Waals surface area contributed by atoms with E-state index in [1.54, 1.807) is 0 Å². The summed E-state index contributed by atoms with van der Waals surface area (Å²) in [5, 5.41) is 12.8. The van der Waals surface area contributed by atoms with Gasteiger partial charge < -0.3 is 4.90 Å². The van der Waals surface area contributed by atoms with E-state index in [9.17, 15) is 5.26 Å². The molecule has 0 aromatic carbocycles. The van der Waals surface area contributed by atoms with E-state index in [0.717, 1.165) is 37.8 Å². The zero-order valence-corrected chi connectivity index (χ0v) is 14.0. The normalized spacial score (nSPS) is 28.8. The third-order valence-corrected chi connectivity index (χ3v) is 5.49. The Hall–Kier alpha value is -0.590. The van der Waals surface area contributed by atoms with Crippen LogP contribution in [0.4, 0.5) is 0 Å². The van der Waals surface area contributed by atoms with E-state index in [1.165, 1.54) is 51.6 Å². The first-order chi connectivity index (χ1) is 10.2. The molecule has 1 heterocycles. The van der Waals surface area contributed by atoms with E-state index >= 15 is 0 Å². The maximum absolute atomic E-state index is 9.36. The van der Waals surface area contributed by atoms with Crippen LogP contribution in [0, 0.1) is 17.2 Å². The summed E-state index contributed by atoms with van der Waals surface area (Å²) < 4.78 is 0. The Labute approximate surface area is 131 Å². The molecule has 0 aromatic heterocycles. The van der Waals surface area contributed by atoms with Gasteiger partial charge in [0.15, 0.2) is 0 Å². The van der Waals surface area contributed by atoms with Crippen LogP contribution in [0.5, 0.6) is 0 Å². The number of piperidine rings is 1. The molecule has 0 amide bonds. The number of hydrogen-bond donors (Lipinski definition) is 1. The summed E-state index contributed by atoms with van der Waals surface area (Å²) in [5.74, 6) is 0.995. The molecule has 0 bridgehead atoms. The molecule has 3 unspecified atom stereocenters. The van der Waals surface area contributed by atoms with Gasteiger partial charge in [0.1, 0.15) is 5.54 Å². The van der Waals surface area contributed by atoms with Gasteiger partial charge in [-0.05, 0) is 83.8 Å². The molecular weight excluding hydrogens is 258 g/mol. The Morgan fingerprint density at radius 2 is 2.05 bits per heavy atom. The Morgan fingerprint density at radius 1 is 1.24 bits per heavy atom. The molecule has 1 saturated carbocycles. The van der Waals surface area contributed by atoms with E-state index in [4.69, 9.17) is 0 Å². The maximum atomic E-state index is 9.36. The lowest BCUT2D eigenvalue weighted by molar-refractivity contribution is 0.110. The van der Waals surface area contributed by atoms with Gasteiger partial charge in [-0.25, -0.2) is 0 Å². The van der Waals surface area contributed by atoms with Gasteiger partial charge in [0.05, 0.1) is 6.07 Å². The van der Waals surface area contributed by atoms with Gasteiger partial charge in [-0.3, -0.25) is 5.32 Å².